The molecular weight excluding hydrogens is 320 g/mol. The van der Waals surface area contributed by atoms with Crippen molar-refractivity contribution >= 4 is 27.3 Å². The summed E-state index contributed by atoms with van der Waals surface area (Å²) in [5.74, 6) is 1.42. The summed E-state index contributed by atoms with van der Waals surface area (Å²) in [4.78, 5) is 10.6. The molecule has 0 amide bonds. The summed E-state index contributed by atoms with van der Waals surface area (Å²) in [5, 5.41) is 14.5. The van der Waals surface area contributed by atoms with E-state index >= 15 is 0 Å². The number of anilines is 1. The van der Waals surface area contributed by atoms with Gasteiger partial charge in [0.2, 0.25) is 0 Å². The van der Waals surface area contributed by atoms with Crippen LogP contribution in [0.25, 0.3) is 0 Å². The van der Waals surface area contributed by atoms with Crippen molar-refractivity contribution in [1.82, 2.24) is 0 Å². The highest BCUT2D eigenvalue weighted by molar-refractivity contribution is 9.10. The molecule has 0 saturated heterocycles. The van der Waals surface area contributed by atoms with Crippen molar-refractivity contribution in [3.63, 3.8) is 0 Å². The Kier molecular flexibility index (Phi) is 4.68. The third-order valence-electron chi connectivity index (χ3n) is 4.57. The van der Waals surface area contributed by atoms with E-state index in [1.807, 2.05) is 6.07 Å². The van der Waals surface area contributed by atoms with Gasteiger partial charge in [-0.15, -0.1) is 0 Å². The lowest BCUT2D eigenvalue weighted by molar-refractivity contribution is -0.385. The molecule has 1 aliphatic rings. The SMILES string of the molecule is CCC1CCC(Nc2cc(C)c([N+](=O)[O-])cc2Br)C1C. The third kappa shape index (κ3) is 2.97. The monoisotopic (exact) mass is 340 g/mol. The fourth-order valence-corrected chi connectivity index (χ4v) is 3.65. The molecule has 1 aromatic rings. The van der Waals surface area contributed by atoms with Gasteiger partial charge in [0.25, 0.3) is 5.69 Å². The van der Waals surface area contributed by atoms with Gasteiger partial charge in [-0.2, -0.15) is 0 Å². The minimum absolute atomic E-state index is 0.160. The van der Waals surface area contributed by atoms with Crippen molar-refractivity contribution in [2.45, 2.75) is 46.1 Å². The summed E-state index contributed by atoms with van der Waals surface area (Å²) in [6, 6.07) is 3.92. The Morgan fingerprint density at radius 3 is 2.70 bits per heavy atom. The minimum Gasteiger partial charge on any atom is -0.381 e. The first-order valence-electron chi connectivity index (χ1n) is 7.15. The molecule has 0 radical (unpaired) electrons. The van der Waals surface area contributed by atoms with Crippen molar-refractivity contribution < 1.29 is 4.92 Å². The highest BCUT2D eigenvalue weighted by Gasteiger charge is 2.31. The lowest BCUT2D eigenvalue weighted by atomic mass is 9.93. The summed E-state index contributed by atoms with van der Waals surface area (Å²) in [6.07, 6.45) is 3.65. The van der Waals surface area contributed by atoms with E-state index in [-0.39, 0.29) is 10.6 Å². The highest BCUT2D eigenvalue weighted by Crippen LogP contribution is 2.38. The summed E-state index contributed by atoms with van der Waals surface area (Å²) in [5.41, 5.74) is 1.81. The third-order valence-corrected chi connectivity index (χ3v) is 5.23. The van der Waals surface area contributed by atoms with Gasteiger partial charge in [0, 0.05) is 27.8 Å². The van der Waals surface area contributed by atoms with E-state index in [9.17, 15) is 10.1 Å². The number of rotatable bonds is 4. The topological polar surface area (TPSA) is 55.2 Å². The molecular formula is C15H21BrN2O2. The number of nitro benzene ring substituents is 1. The van der Waals surface area contributed by atoms with Crippen LogP contribution in [0, 0.1) is 28.9 Å². The average molecular weight is 341 g/mol. The predicted molar refractivity (Wildman–Crippen MR) is 85.1 cm³/mol. The molecule has 0 spiro atoms. The van der Waals surface area contributed by atoms with Crippen LogP contribution in [-0.4, -0.2) is 11.0 Å². The van der Waals surface area contributed by atoms with Crippen LogP contribution in [0.15, 0.2) is 16.6 Å². The fourth-order valence-electron chi connectivity index (χ4n) is 3.21. The van der Waals surface area contributed by atoms with Crippen molar-refractivity contribution in [2.75, 3.05) is 5.32 Å². The molecule has 20 heavy (non-hydrogen) atoms. The van der Waals surface area contributed by atoms with Crippen molar-refractivity contribution in [2.24, 2.45) is 11.8 Å². The Morgan fingerprint density at radius 2 is 2.15 bits per heavy atom. The van der Waals surface area contributed by atoms with Gasteiger partial charge in [0.1, 0.15) is 0 Å². The molecule has 0 aromatic heterocycles. The number of benzene rings is 1. The molecule has 110 valence electrons. The smallest absolute Gasteiger partial charge is 0.273 e. The Morgan fingerprint density at radius 1 is 1.45 bits per heavy atom. The van der Waals surface area contributed by atoms with Gasteiger partial charge in [0.15, 0.2) is 0 Å². The molecule has 1 N–H and O–H groups in total. The van der Waals surface area contributed by atoms with E-state index in [4.69, 9.17) is 0 Å². The maximum Gasteiger partial charge on any atom is 0.273 e. The minimum atomic E-state index is -0.338. The Hall–Kier alpha value is -1.10. The molecule has 1 saturated carbocycles. The molecule has 0 heterocycles. The number of hydrogen-bond acceptors (Lipinski definition) is 3. The zero-order chi connectivity index (χ0) is 14.9. The Bertz CT molecular complexity index is 519. The first kappa shape index (κ1) is 15.3. The highest BCUT2D eigenvalue weighted by atomic mass is 79.9. The van der Waals surface area contributed by atoms with E-state index in [1.165, 1.54) is 19.3 Å². The van der Waals surface area contributed by atoms with Gasteiger partial charge < -0.3 is 5.32 Å². The first-order valence-corrected chi connectivity index (χ1v) is 7.94. The molecule has 2 rings (SSSR count). The zero-order valence-corrected chi connectivity index (χ0v) is 13.7. The molecule has 1 fully saturated rings. The molecule has 1 aromatic carbocycles. The normalized spacial score (nSPS) is 25.7. The van der Waals surface area contributed by atoms with E-state index in [0.29, 0.717) is 17.5 Å². The lowest BCUT2D eigenvalue weighted by Crippen LogP contribution is -2.24. The summed E-state index contributed by atoms with van der Waals surface area (Å²) < 4.78 is 0.766. The molecule has 3 atom stereocenters. The van der Waals surface area contributed by atoms with Crippen LogP contribution in [0.1, 0.15) is 38.7 Å². The second-order valence-electron chi connectivity index (χ2n) is 5.73. The zero-order valence-electron chi connectivity index (χ0n) is 12.1. The van der Waals surface area contributed by atoms with Gasteiger partial charge in [-0.25, -0.2) is 0 Å². The van der Waals surface area contributed by atoms with Crippen LogP contribution in [0.3, 0.4) is 0 Å². The number of nitrogens with one attached hydrogen (secondary N) is 1. The van der Waals surface area contributed by atoms with Crippen LogP contribution >= 0.6 is 15.9 Å². The molecule has 5 heteroatoms. The first-order chi connectivity index (χ1) is 9.43. The second kappa shape index (κ2) is 6.12. The van der Waals surface area contributed by atoms with Crippen molar-refractivity contribution in [3.8, 4) is 0 Å². The number of halogens is 1. The number of aryl methyl sites for hydroxylation is 1. The lowest BCUT2D eigenvalue weighted by Gasteiger charge is -2.23. The van der Waals surface area contributed by atoms with E-state index in [1.54, 1.807) is 13.0 Å². The van der Waals surface area contributed by atoms with Gasteiger partial charge in [-0.05, 0) is 53.6 Å². The van der Waals surface area contributed by atoms with Crippen LogP contribution in [0.4, 0.5) is 11.4 Å². The van der Waals surface area contributed by atoms with Gasteiger partial charge >= 0.3 is 0 Å². The van der Waals surface area contributed by atoms with Crippen LogP contribution in [0.2, 0.25) is 0 Å². The standard InChI is InChI=1S/C15H21BrN2O2/c1-4-11-5-6-13(10(11)3)17-14-7-9(2)15(18(19)20)8-12(14)16/h7-8,10-11,13,17H,4-6H2,1-3H3. The van der Waals surface area contributed by atoms with Gasteiger partial charge in [0.05, 0.1) is 4.92 Å². The number of hydrogen-bond donors (Lipinski definition) is 1. The summed E-state index contributed by atoms with van der Waals surface area (Å²) in [7, 11) is 0. The van der Waals surface area contributed by atoms with Crippen molar-refractivity contribution in [3.05, 3.63) is 32.3 Å². The molecule has 3 unspecified atom stereocenters. The average Bonchev–Trinajstić information content (AvgIpc) is 2.74. The molecule has 4 nitrogen and oxygen atoms in total. The summed E-state index contributed by atoms with van der Waals surface area (Å²) >= 11 is 3.44. The maximum atomic E-state index is 10.9. The predicted octanol–water partition coefficient (Wildman–Crippen LogP) is 4.90. The Labute approximate surface area is 128 Å². The number of nitrogens with zero attached hydrogens (tertiary/aromatic N) is 1. The molecule has 1 aliphatic carbocycles. The van der Waals surface area contributed by atoms with Crippen LogP contribution in [0.5, 0.6) is 0 Å². The van der Waals surface area contributed by atoms with Crippen LogP contribution < -0.4 is 5.32 Å². The Balaban J connectivity index is 2.18. The van der Waals surface area contributed by atoms with Gasteiger partial charge in [-0.1, -0.05) is 20.3 Å². The number of nitro groups is 1. The second-order valence-corrected chi connectivity index (χ2v) is 6.59. The largest absolute Gasteiger partial charge is 0.381 e. The van der Waals surface area contributed by atoms with E-state index < -0.39 is 0 Å². The summed E-state index contributed by atoms with van der Waals surface area (Å²) in [6.45, 7) is 6.32. The fraction of sp³-hybridized carbons (Fsp3) is 0.600. The quantitative estimate of drug-likeness (QED) is 0.626. The maximum absolute atomic E-state index is 10.9. The van der Waals surface area contributed by atoms with Crippen LogP contribution in [-0.2, 0) is 0 Å². The van der Waals surface area contributed by atoms with Crippen molar-refractivity contribution in [1.29, 1.82) is 0 Å². The van der Waals surface area contributed by atoms with E-state index in [2.05, 4.69) is 35.1 Å². The molecule has 0 aliphatic heterocycles. The van der Waals surface area contributed by atoms with E-state index in [0.717, 1.165) is 16.1 Å². The molecule has 0 bridgehead atoms. The van der Waals surface area contributed by atoms with Gasteiger partial charge in [-0.3, -0.25) is 10.1 Å².